The van der Waals surface area contributed by atoms with E-state index in [4.69, 9.17) is 16.3 Å². The second-order valence-corrected chi connectivity index (χ2v) is 4.27. The molecule has 0 amide bonds. The van der Waals surface area contributed by atoms with Crippen molar-refractivity contribution in [2.75, 3.05) is 0 Å². The van der Waals surface area contributed by atoms with E-state index < -0.39 is 0 Å². The first-order chi connectivity index (χ1) is 8.74. The maximum atomic E-state index is 10.8. The number of para-hydroxylation sites is 1. The molecule has 0 unspecified atom stereocenters. The summed E-state index contributed by atoms with van der Waals surface area (Å²) in [6, 6.07) is 12.7. The van der Waals surface area contributed by atoms with Crippen LogP contribution in [0.4, 0.5) is 0 Å². The van der Waals surface area contributed by atoms with Crippen molar-refractivity contribution in [3.8, 4) is 11.5 Å². The van der Waals surface area contributed by atoms with Crippen molar-refractivity contribution in [1.29, 1.82) is 0 Å². The molecule has 0 N–H and O–H groups in total. The van der Waals surface area contributed by atoms with Gasteiger partial charge < -0.3 is 4.74 Å². The van der Waals surface area contributed by atoms with Gasteiger partial charge in [-0.1, -0.05) is 30.7 Å². The standard InChI is InChI=1S/C15H13ClO2/c1-2-11-9-13(8-7-12(11)10-17)18-15-6-4-3-5-14(15)16/h3-10H,2H2,1H3. The van der Waals surface area contributed by atoms with Crippen LogP contribution in [-0.2, 0) is 6.42 Å². The molecule has 0 fully saturated rings. The van der Waals surface area contributed by atoms with Crippen LogP contribution in [0.2, 0.25) is 5.02 Å². The largest absolute Gasteiger partial charge is 0.456 e. The fourth-order valence-electron chi connectivity index (χ4n) is 1.72. The molecule has 0 saturated heterocycles. The van der Waals surface area contributed by atoms with E-state index in [0.717, 1.165) is 18.3 Å². The molecule has 2 rings (SSSR count). The van der Waals surface area contributed by atoms with Crippen LogP contribution < -0.4 is 4.74 Å². The Bertz CT molecular complexity index is 564. The number of benzene rings is 2. The van der Waals surface area contributed by atoms with Crippen molar-refractivity contribution in [3.63, 3.8) is 0 Å². The van der Waals surface area contributed by atoms with Gasteiger partial charge in [-0.05, 0) is 42.3 Å². The number of rotatable bonds is 4. The molecule has 18 heavy (non-hydrogen) atoms. The lowest BCUT2D eigenvalue weighted by Gasteiger charge is -2.09. The summed E-state index contributed by atoms with van der Waals surface area (Å²) >= 11 is 6.03. The number of hydrogen-bond acceptors (Lipinski definition) is 2. The van der Waals surface area contributed by atoms with Crippen molar-refractivity contribution in [2.45, 2.75) is 13.3 Å². The summed E-state index contributed by atoms with van der Waals surface area (Å²) in [7, 11) is 0. The molecule has 3 heteroatoms. The van der Waals surface area contributed by atoms with E-state index in [9.17, 15) is 4.79 Å². The first kappa shape index (κ1) is 12.7. The van der Waals surface area contributed by atoms with E-state index in [1.54, 1.807) is 18.2 Å². The lowest BCUT2D eigenvalue weighted by atomic mass is 10.1. The van der Waals surface area contributed by atoms with Gasteiger partial charge in [0.1, 0.15) is 17.8 Å². The molecule has 92 valence electrons. The summed E-state index contributed by atoms with van der Waals surface area (Å²) in [6.45, 7) is 2.00. The Morgan fingerprint density at radius 2 is 2.00 bits per heavy atom. The minimum Gasteiger partial charge on any atom is -0.456 e. The molecule has 0 aromatic heterocycles. The second kappa shape index (κ2) is 5.69. The minimum atomic E-state index is 0.565. The average Bonchev–Trinajstić information content (AvgIpc) is 2.41. The SMILES string of the molecule is CCc1cc(Oc2ccccc2Cl)ccc1C=O. The van der Waals surface area contributed by atoms with Crippen molar-refractivity contribution in [2.24, 2.45) is 0 Å². The summed E-state index contributed by atoms with van der Waals surface area (Å²) in [5.41, 5.74) is 1.67. The van der Waals surface area contributed by atoms with E-state index in [0.29, 0.717) is 22.1 Å². The van der Waals surface area contributed by atoms with E-state index in [2.05, 4.69) is 0 Å². The van der Waals surface area contributed by atoms with Crippen LogP contribution in [0.25, 0.3) is 0 Å². The molecular weight excluding hydrogens is 248 g/mol. The summed E-state index contributed by atoms with van der Waals surface area (Å²) in [5.74, 6) is 1.30. The highest BCUT2D eigenvalue weighted by Crippen LogP contribution is 2.29. The maximum Gasteiger partial charge on any atom is 0.150 e. The van der Waals surface area contributed by atoms with E-state index in [-0.39, 0.29) is 0 Å². The van der Waals surface area contributed by atoms with Gasteiger partial charge >= 0.3 is 0 Å². The molecular formula is C15H13ClO2. The van der Waals surface area contributed by atoms with E-state index >= 15 is 0 Å². The molecule has 0 aliphatic heterocycles. The van der Waals surface area contributed by atoms with Crippen molar-refractivity contribution in [1.82, 2.24) is 0 Å². The predicted molar refractivity (Wildman–Crippen MR) is 72.7 cm³/mol. The highest BCUT2D eigenvalue weighted by molar-refractivity contribution is 6.32. The summed E-state index contributed by atoms with van der Waals surface area (Å²) in [5, 5.41) is 0.565. The molecule has 0 bridgehead atoms. The van der Waals surface area contributed by atoms with Crippen molar-refractivity contribution in [3.05, 3.63) is 58.6 Å². The monoisotopic (exact) mass is 260 g/mol. The van der Waals surface area contributed by atoms with Crippen LogP contribution in [0.1, 0.15) is 22.8 Å². The number of aryl methyl sites for hydroxylation is 1. The molecule has 0 aliphatic rings. The minimum absolute atomic E-state index is 0.565. The zero-order chi connectivity index (χ0) is 13.0. The Morgan fingerprint density at radius 1 is 1.22 bits per heavy atom. The number of carbonyl (C=O) groups excluding carboxylic acids is 1. The Kier molecular flexibility index (Phi) is 4.00. The third kappa shape index (κ3) is 2.71. The van der Waals surface area contributed by atoms with Crippen LogP contribution in [0.3, 0.4) is 0 Å². The van der Waals surface area contributed by atoms with Crippen LogP contribution in [-0.4, -0.2) is 6.29 Å². The van der Waals surface area contributed by atoms with Gasteiger partial charge in [-0.25, -0.2) is 0 Å². The Balaban J connectivity index is 2.30. The zero-order valence-corrected chi connectivity index (χ0v) is 10.8. The molecule has 2 nitrogen and oxygen atoms in total. The fraction of sp³-hybridized carbons (Fsp3) is 0.133. The Morgan fingerprint density at radius 3 is 2.67 bits per heavy atom. The van der Waals surface area contributed by atoms with Gasteiger partial charge in [0.05, 0.1) is 5.02 Å². The van der Waals surface area contributed by atoms with Crippen molar-refractivity contribution < 1.29 is 9.53 Å². The molecule has 0 radical (unpaired) electrons. The smallest absolute Gasteiger partial charge is 0.150 e. The van der Waals surface area contributed by atoms with Gasteiger partial charge in [0.15, 0.2) is 0 Å². The quantitative estimate of drug-likeness (QED) is 0.756. The van der Waals surface area contributed by atoms with Crippen LogP contribution in [0.5, 0.6) is 11.5 Å². The predicted octanol–water partition coefficient (Wildman–Crippen LogP) is 4.51. The van der Waals surface area contributed by atoms with Crippen LogP contribution in [0, 0.1) is 0 Å². The first-order valence-electron chi connectivity index (χ1n) is 5.75. The van der Waals surface area contributed by atoms with Crippen LogP contribution >= 0.6 is 11.6 Å². The van der Waals surface area contributed by atoms with Crippen LogP contribution in [0.15, 0.2) is 42.5 Å². The third-order valence-electron chi connectivity index (χ3n) is 2.69. The van der Waals surface area contributed by atoms with Gasteiger partial charge in [0, 0.05) is 5.56 Å². The molecule has 2 aromatic rings. The zero-order valence-electron chi connectivity index (χ0n) is 10.0. The van der Waals surface area contributed by atoms with Gasteiger partial charge in [0.2, 0.25) is 0 Å². The third-order valence-corrected chi connectivity index (χ3v) is 3.00. The van der Waals surface area contributed by atoms with Gasteiger partial charge in [-0.3, -0.25) is 4.79 Å². The molecule has 0 aliphatic carbocycles. The summed E-state index contributed by atoms with van der Waals surface area (Å²) in [6.07, 6.45) is 1.64. The molecule has 2 aromatic carbocycles. The number of ether oxygens (including phenoxy) is 1. The highest BCUT2D eigenvalue weighted by Gasteiger charge is 2.05. The van der Waals surface area contributed by atoms with E-state index in [1.807, 2.05) is 31.2 Å². The number of carbonyl (C=O) groups is 1. The number of hydrogen-bond donors (Lipinski definition) is 0. The topological polar surface area (TPSA) is 26.3 Å². The highest BCUT2D eigenvalue weighted by atomic mass is 35.5. The lowest BCUT2D eigenvalue weighted by molar-refractivity contribution is 0.112. The van der Waals surface area contributed by atoms with Gasteiger partial charge in [-0.15, -0.1) is 0 Å². The molecule has 0 atom stereocenters. The number of halogens is 1. The summed E-state index contributed by atoms with van der Waals surface area (Å²) < 4.78 is 5.70. The summed E-state index contributed by atoms with van der Waals surface area (Å²) in [4.78, 5) is 10.8. The normalized spacial score (nSPS) is 10.1. The van der Waals surface area contributed by atoms with Crippen molar-refractivity contribution >= 4 is 17.9 Å². The average molecular weight is 261 g/mol. The Labute approximate surface area is 111 Å². The molecule has 0 saturated carbocycles. The second-order valence-electron chi connectivity index (χ2n) is 3.86. The lowest BCUT2D eigenvalue weighted by Crippen LogP contribution is -1.92. The van der Waals surface area contributed by atoms with E-state index in [1.165, 1.54) is 0 Å². The fourth-order valence-corrected chi connectivity index (χ4v) is 1.90. The van der Waals surface area contributed by atoms with Gasteiger partial charge in [-0.2, -0.15) is 0 Å². The molecule has 0 heterocycles. The van der Waals surface area contributed by atoms with Gasteiger partial charge in [0.25, 0.3) is 0 Å². The first-order valence-corrected chi connectivity index (χ1v) is 6.13. The number of aldehydes is 1. The molecule has 0 spiro atoms. The Hall–Kier alpha value is -1.80. The maximum absolute atomic E-state index is 10.8.